The van der Waals surface area contributed by atoms with Crippen molar-refractivity contribution in [2.45, 2.75) is 6.92 Å². The molecule has 0 aliphatic carbocycles. The highest BCUT2D eigenvalue weighted by molar-refractivity contribution is 9.10. The van der Waals surface area contributed by atoms with E-state index >= 15 is 0 Å². The summed E-state index contributed by atoms with van der Waals surface area (Å²) in [5, 5.41) is 3.91. The monoisotopic (exact) mass is 310 g/mol. The number of nitrogen functional groups attached to an aromatic ring is 1. The molecule has 4 heteroatoms. The van der Waals surface area contributed by atoms with Crippen LogP contribution in [0.5, 0.6) is 0 Å². The summed E-state index contributed by atoms with van der Waals surface area (Å²) in [5.41, 5.74) is 9.52. The predicted molar refractivity (Wildman–Crippen MR) is 78.0 cm³/mol. The van der Waals surface area contributed by atoms with Gasteiger partial charge in [-0.15, -0.1) is 0 Å². The summed E-state index contributed by atoms with van der Waals surface area (Å²) in [4.78, 5) is 0. The Morgan fingerprint density at radius 1 is 1.18 bits per heavy atom. The summed E-state index contributed by atoms with van der Waals surface area (Å²) >= 11 is 9.40. The van der Waals surface area contributed by atoms with Crippen molar-refractivity contribution < 1.29 is 0 Å². The van der Waals surface area contributed by atoms with Crippen molar-refractivity contribution in [3.8, 4) is 0 Å². The van der Waals surface area contributed by atoms with Crippen LogP contribution >= 0.6 is 27.5 Å². The van der Waals surface area contributed by atoms with E-state index in [1.54, 1.807) is 12.1 Å². The Morgan fingerprint density at radius 3 is 2.65 bits per heavy atom. The first kappa shape index (κ1) is 12.3. The summed E-state index contributed by atoms with van der Waals surface area (Å²) in [6.07, 6.45) is 0. The maximum atomic E-state index is 5.94. The molecule has 0 spiro atoms. The molecule has 0 aromatic heterocycles. The van der Waals surface area contributed by atoms with Gasteiger partial charge in [0.1, 0.15) is 0 Å². The second-order valence-corrected chi connectivity index (χ2v) is 5.11. The van der Waals surface area contributed by atoms with E-state index in [0.29, 0.717) is 10.7 Å². The number of benzene rings is 2. The van der Waals surface area contributed by atoms with Crippen LogP contribution in [-0.2, 0) is 0 Å². The van der Waals surface area contributed by atoms with Crippen molar-refractivity contribution in [3.05, 3.63) is 51.5 Å². The van der Waals surface area contributed by atoms with Crippen LogP contribution < -0.4 is 11.1 Å². The summed E-state index contributed by atoms with van der Waals surface area (Å²) in [6.45, 7) is 2.04. The third-order valence-electron chi connectivity index (χ3n) is 2.45. The van der Waals surface area contributed by atoms with E-state index in [1.807, 2.05) is 31.2 Å². The molecule has 2 aromatic carbocycles. The molecular weight excluding hydrogens is 300 g/mol. The molecule has 0 aliphatic rings. The Hall–Kier alpha value is -1.19. The SMILES string of the molecule is Cc1cc(Nc2cc(Cl)ccc2N)ccc1Br. The predicted octanol–water partition coefficient (Wildman–Crippen LogP) is 4.74. The van der Waals surface area contributed by atoms with Gasteiger partial charge >= 0.3 is 0 Å². The molecule has 0 bridgehead atoms. The fraction of sp³-hybridized carbons (Fsp3) is 0.0769. The van der Waals surface area contributed by atoms with Gasteiger partial charge in [-0.05, 0) is 48.9 Å². The van der Waals surface area contributed by atoms with Crippen molar-refractivity contribution in [1.82, 2.24) is 0 Å². The summed E-state index contributed by atoms with van der Waals surface area (Å²) < 4.78 is 1.09. The Morgan fingerprint density at radius 2 is 1.94 bits per heavy atom. The normalized spacial score (nSPS) is 10.3. The average molecular weight is 312 g/mol. The first-order valence-corrected chi connectivity index (χ1v) is 6.31. The van der Waals surface area contributed by atoms with Gasteiger partial charge in [-0.1, -0.05) is 27.5 Å². The second-order valence-electron chi connectivity index (χ2n) is 3.82. The number of nitrogens with one attached hydrogen (secondary N) is 1. The molecule has 0 fully saturated rings. The van der Waals surface area contributed by atoms with Crippen molar-refractivity contribution in [2.24, 2.45) is 0 Å². The number of aryl methyl sites for hydroxylation is 1. The van der Waals surface area contributed by atoms with Gasteiger partial charge in [-0.3, -0.25) is 0 Å². The molecule has 0 aliphatic heterocycles. The average Bonchev–Trinajstić information content (AvgIpc) is 2.29. The van der Waals surface area contributed by atoms with Crippen LogP contribution in [0.1, 0.15) is 5.56 Å². The summed E-state index contributed by atoms with van der Waals surface area (Å²) in [7, 11) is 0. The highest BCUT2D eigenvalue weighted by Crippen LogP contribution is 2.28. The maximum absolute atomic E-state index is 5.94. The zero-order chi connectivity index (χ0) is 12.4. The minimum Gasteiger partial charge on any atom is -0.397 e. The van der Waals surface area contributed by atoms with Crippen molar-refractivity contribution in [3.63, 3.8) is 0 Å². The van der Waals surface area contributed by atoms with Gasteiger partial charge in [0.15, 0.2) is 0 Å². The lowest BCUT2D eigenvalue weighted by molar-refractivity contribution is 1.42. The molecule has 0 amide bonds. The van der Waals surface area contributed by atoms with Crippen LogP contribution in [0.4, 0.5) is 17.1 Å². The third kappa shape index (κ3) is 2.93. The highest BCUT2D eigenvalue weighted by Gasteiger charge is 2.02. The van der Waals surface area contributed by atoms with Crippen LogP contribution in [0.3, 0.4) is 0 Å². The van der Waals surface area contributed by atoms with Gasteiger partial charge < -0.3 is 11.1 Å². The first-order chi connectivity index (χ1) is 8.06. The minimum absolute atomic E-state index is 0.663. The van der Waals surface area contributed by atoms with Crippen LogP contribution in [0.25, 0.3) is 0 Å². The molecule has 88 valence electrons. The van der Waals surface area contributed by atoms with Crippen LogP contribution in [0.2, 0.25) is 5.02 Å². The van der Waals surface area contributed by atoms with E-state index in [2.05, 4.69) is 21.2 Å². The zero-order valence-corrected chi connectivity index (χ0v) is 11.6. The Bertz CT molecular complexity index is 555. The maximum Gasteiger partial charge on any atom is 0.0632 e. The van der Waals surface area contributed by atoms with Gasteiger partial charge in [-0.2, -0.15) is 0 Å². The highest BCUT2D eigenvalue weighted by atomic mass is 79.9. The topological polar surface area (TPSA) is 38.0 Å². The Kier molecular flexibility index (Phi) is 3.60. The van der Waals surface area contributed by atoms with Crippen molar-refractivity contribution in [1.29, 1.82) is 0 Å². The van der Waals surface area contributed by atoms with Gasteiger partial charge in [0.25, 0.3) is 0 Å². The third-order valence-corrected chi connectivity index (χ3v) is 3.58. The zero-order valence-electron chi connectivity index (χ0n) is 9.30. The van der Waals surface area contributed by atoms with Gasteiger partial charge in [-0.25, -0.2) is 0 Å². The van der Waals surface area contributed by atoms with E-state index in [0.717, 1.165) is 21.4 Å². The van der Waals surface area contributed by atoms with Crippen LogP contribution in [0, 0.1) is 6.92 Å². The molecule has 0 heterocycles. The van der Waals surface area contributed by atoms with Crippen LogP contribution in [-0.4, -0.2) is 0 Å². The number of anilines is 3. The van der Waals surface area contributed by atoms with E-state index < -0.39 is 0 Å². The second kappa shape index (κ2) is 4.98. The molecule has 17 heavy (non-hydrogen) atoms. The summed E-state index contributed by atoms with van der Waals surface area (Å²) in [6, 6.07) is 11.4. The Labute approximate surface area is 114 Å². The van der Waals surface area contributed by atoms with Crippen molar-refractivity contribution >= 4 is 44.6 Å². The molecule has 2 nitrogen and oxygen atoms in total. The molecular formula is C13H12BrClN2. The standard InChI is InChI=1S/C13H12BrClN2/c1-8-6-10(3-4-11(8)14)17-13-7-9(15)2-5-12(13)16/h2-7,17H,16H2,1H3. The fourth-order valence-corrected chi connectivity index (χ4v) is 1.93. The number of rotatable bonds is 2. The van der Waals surface area contributed by atoms with Gasteiger partial charge in [0.05, 0.1) is 11.4 Å². The number of hydrogen-bond acceptors (Lipinski definition) is 2. The molecule has 2 aromatic rings. The lowest BCUT2D eigenvalue weighted by Gasteiger charge is -2.11. The lowest BCUT2D eigenvalue weighted by Crippen LogP contribution is -1.96. The first-order valence-electron chi connectivity index (χ1n) is 5.14. The fourth-order valence-electron chi connectivity index (χ4n) is 1.51. The molecule has 0 unspecified atom stereocenters. The molecule has 0 saturated carbocycles. The quantitative estimate of drug-likeness (QED) is 0.786. The Balaban J connectivity index is 2.31. The molecule has 0 radical (unpaired) electrons. The van der Waals surface area contributed by atoms with E-state index in [9.17, 15) is 0 Å². The van der Waals surface area contributed by atoms with Gasteiger partial charge in [0.2, 0.25) is 0 Å². The molecule has 0 atom stereocenters. The summed E-state index contributed by atoms with van der Waals surface area (Å²) in [5.74, 6) is 0. The van der Waals surface area contributed by atoms with Crippen molar-refractivity contribution in [2.75, 3.05) is 11.1 Å². The van der Waals surface area contributed by atoms with E-state index in [-0.39, 0.29) is 0 Å². The van der Waals surface area contributed by atoms with Gasteiger partial charge in [0, 0.05) is 15.2 Å². The smallest absolute Gasteiger partial charge is 0.0632 e. The number of nitrogens with two attached hydrogens (primary N) is 1. The van der Waals surface area contributed by atoms with Crippen LogP contribution in [0.15, 0.2) is 40.9 Å². The van der Waals surface area contributed by atoms with E-state index in [4.69, 9.17) is 17.3 Å². The molecule has 0 saturated heterocycles. The number of hydrogen-bond donors (Lipinski definition) is 2. The lowest BCUT2D eigenvalue weighted by atomic mass is 10.2. The minimum atomic E-state index is 0.663. The van der Waals surface area contributed by atoms with E-state index in [1.165, 1.54) is 0 Å². The molecule has 3 N–H and O–H groups in total. The molecule has 2 rings (SSSR count). The largest absolute Gasteiger partial charge is 0.397 e. The number of halogens is 2.